The van der Waals surface area contributed by atoms with Gasteiger partial charge < -0.3 is 50.3 Å². The number of rotatable bonds is 4. The predicted molar refractivity (Wildman–Crippen MR) is 169 cm³/mol. The van der Waals surface area contributed by atoms with Gasteiger partial charge in [-0.25, -0.2) is 0 Å². The lowest BCUT2D eigenvalue weighted by Crippen LogP contribution is -2.69. The first-order valence-electron chi connectivity index (χ1n) is 17.7. The molecule has 6 rings (SSSR count). The first-order chi connectivity index (χ1) is 21.8. The molecule has 47 heavy (non-hydrogen) atoms. The summed E-state index contributed by atoms with van der Waals surface area (Å²) in [5.74, 6) is -1.08. The topological polar surface area (TPSA) is 197 Å². The van der Waals surface area contributed by atoms with Gasteiger partial charge in [0.05, 0.1) is 36.9 Å². The molecule has 4 saturated carbocycles. The van der Waals surface area contributed by atoms with Crippen LogP contribution in [0.4, 0.5) is 0 Å². The van der Waals surface area contributed by atoms with Crippen molar-refractivity contribution in [1.82, 2.24) is 0 Å². The zero-order valence-electron chi connectivity index (χ0n) is 28.8. The standard InChI is InChI=1S/C36H58O11/c1-31(2)11-13-36(30(45)47-29-26(42)25(41)24(40)20(16-37)46-29)14-12-34(5)18(23(36)28(31)44)7-8-22-32(3)15-19(39)27(43)33(4,17-38)21(32)9-10-35(22,34)6/h7,19-29,37-44H,8-17H2,1-6H3. The summed E-state index contributed by atoms with van der Waals surface area (Å²) in [5, 5.41) is 85.9. The van der Waals surface area contributed by atoms with E-state index in [0.29, 0.717) is 38.5 Å². The third-order valence-corrected chi connectivity index (χ3v) is 15.4. The van der Waals surface area contributed by atoms with E-state index >= 15 is 0 Å². The van der Waals surface area contributed by atoms with Crippen LogP contribution in [0.15, 0.2) is 11.6 Å². The second kappa shape index (κ2) is 11.4. The average Bonchev–Trinajstić information content (AvgIpc) is 3.02. The Labute approximate surface area is 278 Å². The van der Waals surface area contributed by atoms with Gasteiger partial charge in [-0.1, -0.05) is 53.2 Å². The summed E-state index contributed by atoms with van der Waals surface area (Å²) in [6.07, 6.45) is -3.62. The number of ether oxygens (including phenoxy) is 2. The van der Waals surface area contributed by atoms with Crippen molar-refractivity contribution in [2.75, 3.05) is 13.2 Å². The summed E-state index contributed by atoms with van der Waals surface area (Å²) in [6, 6.07) is 0. The quantitative estimate of drug-likeness (QED) is 0.160. The average molecular weight is 667 g/mol. The smallest absolute Gasteiger partial charge is 0.315 e. The third kappa shape index (κ3) is 4.67. The normalized spacial score (nSPS) is 55.4. The molecule has 268 valence electrons. The molecule has 1 saturated heterocycles. The zero-order chi connectivity index (χ0) is 34.7. The van der Waals surface area contributed by atoms with Crippen molar-refractivity contribution in [2.24, 2.45) is 50.2 Å². The van der Waals surface area contributed by atoms with E-state index in [1.807, 2.05) is 20.8 Å². The van der Waals surface area contributed by atoms with E-state index in [1.165, 1.54) is 0 Å². The lowest BCUT2D eigenvalue weighted by molar-refractivity contribution is -0.298. The van der Waals surface area contributed by atoms with Crippen LogP contribution in [0.2, 0.25) is 0 Å². The summed E-state index contributed by atoms with van der Waals surface area (Å²) < 4.78 is 11.4. The molecular formula is C36H58O11. The fourth-order valence-electron chi connectivity index (χ4n) is 12.1. The lowest BCUT2D eigenvalue weighted by Gasteiger charge is -2.71. The minimum atomic E-state index is -1.72. The van der Waals surface area contributed by atoms with Crippen molar-refractivity contribution in [1.29, 1.82) is 0 Å². The molecule has 5 fully saturated rings. The molecule has 1 aliphatic heterocycles. The Morgan fingerprint density at radius 3 is 2.15 bits per heavy atom. The van der Waals surface area contributed by atoms with Crippen LogP contribution in [0.1, 0.15) is 92.9 Å². The SMILES string of the molecule is CC1(C)CCC2(C(=O)OC3OC(CO)C(O)C(O)C3O)CCC3(C)C(=CCC4C5(C)CC(O)C(O)C(C)(CO)C5CCC43C)C2C1O. The fourth-order valence-corrected chi connectivity index (χ4v) is 12.1. The van der Waals surface area contributed by atoms with Gasteiger partial charge >= 0.3 is 5.97 Å². The molecule has 0 aromatic rings. The van der Waals surface area contributed by atoms with Crippen LogP contribution < -0.4 is 0 Å². The van der Waals surface area contributed by atoms with Gasteiger partial charge in [-0.2, -0.15) is 0 Å². The van der Waals surface area contributed by atoms with Crippen LogP contribution in [0.25, 0.3) is 0 Å². The Morgan fingerprint density at radius 1 is 0.851 bits per heavy atom. The molecule has 11 heteroatoms. The number of esters is 1. The van der Waals surface area contributed by atoms with Gasteiger partial charge in [0, 0.05) is 11.3 Å². The molecular weight excluding hydrogens is 608 g/mol. The van der Waals surface area contributed by atoms with Crippen LogP contribution >= 0.6 is 0 Å². The van der Waals surface area contributed by atoms with Crippen molar-refractivity contribution in [3.63, 3.8) is 0 Å². The highest BCUT2D eigenvalue weighted by molar-refractivity contribution is 5.79. The second-order valence-corrected chi connectivity index (χ2v) is 17.8. The zero-order valence-corrected chi connectivity index (χ0v) is 28.8. The number of aliphatic hydroxyl groups is 8. The fraction of sp³-hybridized carbons (Fsp3) is 0.917. The molecule has 1 heterocycles. The Kier molecular flexibility index (Phi) is 8.68. The van der Waals surface area contributed by atoms with E-state index in [4.69, 9.17) is 9.47 Å². The molecule has 0 aromatic carbocycles. The number of aliphatic hydroxyl groups excluding tert-OH is 8. The van der Waals surface area contributed by atoms with E-state index in [2.05, 4.69) is 26.8 Å². The highest BCUT2D eigenvalue weighted by Crippen LogP contribution is 2.75. The van der Waals surface area contributed by atoms with Gasteiger partial charge in [0.2, 0.25) is 6.29 Å². The predicted octanol–water partition coefficient (Wildman–Crippen LogP) is 1.41. The van der Waals surface area contributed by atoms with Crippen molar-refractivity contribution >= 4 is 5.97 Å². The van der Waals surface area contributed by atoms with Crippen molar-refractivity contribution in [3.05, 3.63) is 11.6 Å². The Bertz CT molecular complexity index is 1270. The number of carbonyl (C=O) groups is 1. The van der Waals surface area contributed by atoms with Gasteiger partial charge in [-0.3, -0.25) is 4.79 Å². The van der Waals surface area contributed by atoms with E-state index in [9.17, 15) is 45.6 Å². The molecule has 16 unspecified atom stereocenters. The minimum absolute atomic E-state index is 0.00502. The molecule has 6 aliphatic rings. The summed E-state index contributed by atoms with van der Waals surface area (Å²) >= 11 is 0. The van der Waals surface area contributed by atoms with Gasteiger partial charge in [-0.05, 0) is 84.9 Å². The summed E-state index contributed by atoms with van der Waals surface area (Å²) in [5.41, 5.74) is -2.46. The van der Waals surface area contributed by atoms with Gasteiger partial charge in [-0.15, -0.1) is 0 Å². The largest absolute Gasteiger partial charge is 0.432 e. The molecule has 0 radical (unpaired) electrons. The molecule has 0 aromatic heterocycles. The van der Waals surface area contributed by atoms with Crippen LogP contribution in [0, 0.1) is 50.2 Å². The summed E-state index contributed by atoms with van der Waals surface area (Å²) in [7, 11) is 0. The number of carbonyl (C=O) groups excluding carboxylic acids is 1. The Balaban J connectivity index is 1.39. The van der Waals surface area contributed by atoms with Crippen molar-refractivity contribution < 1.29 is 55.1 Å². The van der Waals surface area contributed by atoms with E-state index in [1.54, 1.807) is 0 Å². The maximum Gasteiger partial charge on any atom is 0.315 e. The first kappa shape index (κ1) is 35.7. The number of hydrogen-bond acceptors (Lipinski definition) is 11. The maximum atomic E-state index is 14.4. The van der Waals surface area contributed by atoms with Crippen LogP contribution in [0.3, 0.4) is 0 Å². The first-order valence-corrected chi connectivity index (χ1v) is 17.7. The van der Waals surface area contributed by atoms with E-state index in [0.717, 1.165) is 18.4 Å². The second-order valence-electron chi connectivity index (χ2n) is 17.8. The summed E-state index contributed by atoms with van der Waals surface area (Å²) in [4.78, 5) is 14.4. The van der Waals surface area contributed by atoms with Crippen molar-refractivity contribution in [2.45, 2.75) is 142 Å². The third-order valence-electron chi connectivity index (χ3n) is 15.4. The molecule has 0 amide bonds. The molecule has 0 spiro atoms. The molecule has 5 aliphatic carbocycles. The van der Waals surface area contributed by atoms with Crippen LogP contribution in [-0.2, 0) is 14.3 Å². The number of fused-ring (bicyclic) bond motifs is 7. The van der Waals surface area contributed by atoms with Crippen LogP contribution in [0.5, 0.6) is 0 Å². The van der Waals surface area contributed by atoms with Gasteiger partial charge in [0.1, 0.15) is 24.4 Å². The molecule has 0 bridgehead atoms. The molecule has 16 atom stereocenters. The summed E-state index contributed by atoms with van der Waals surface area (Å²) in [6.45, 7) is 11.9. The molecule has 11 nitrogen and oxygen atoms in total. The highest BCUT2D eigenvalue weighted by Gasteiger charge is 2.72. The lowest BCUT2D eigenvalue weighted by atomic mass is 9.33. The minimum Gasteiger partial charge on any atom is -0.432 e. The molecule has 8 N–H and O–H groups in total. The Hall–Kier alpha value is -1.15. The van der Waals surface area contributed by atoms with Gasteiger partial charge in [0.15, 0.2) is 0 Å². The van der Waals surface area contributed by atoms with Crippen molar-refractivity contribution in [3.8, 4) is 0 Å². The number of allylic oxidation sites excluding steroid dienone is 1. The monoisotopic (exact) mass is 666 g/mol. The van der Waals surface area contributed by atoms with Gasteiger partial charge in [0.25, 0.3) is 0 Å². The Morgan fingerprint density at radius 2 is 1.51 bits per heavy atom. The highest BCUT2D eigenvalue weighted by atomic mass is 16.7. The van der Waals surface area contributed by atoms with E-state index in [-0.39, 0.29) is 29.3 Å². The van der Waals surface area contributed by atoms with E-state index < -0.39 is 89.2 Å². The van der Waals surface area contributed by atoms with Crippen LogP contribution in [-0.4, -0.2) is 109 Å². The maximum absolute atomic E-state index is 14.4. The number of hydrogen-bond donors (Lipinski definition) is 8.